The number of aliphatic hydroxyl groups is 1. The van der Waals surface area contributed by atoms with Crippen LogP contribution in [0.15, 0.2) is 30.3 Å². The van der Waals surface area contributed by atoms with E-state index in [0.717, 1.165) is 23.1 Å². The highest BCUT2D eigenvalue weighted by Crippen LogP contribution is 2.30. The van der Waals surface area contributed by atoms with Crippen LogP contribution in [0.5, 0.6) is 5.75 Å². The maximum absolute atomic E-state index is 9.90. The Morgan fingerprint density at radius 1 is 1.00 bits per heavy atom. The Hall–Kier alpha value is -2.38. The summed E-state index contributed by atoms with van der Waals surface area (Å²) in [6.07, 6.45) is 6.74. The smallest absolute Gasteiger partial charge is 0.163 e. The molecule has 4 rings (SSSR count). The lowest BCUT2D eigenvalue weighted by Gasteiger charge is -2.27. The van der Waals surface area contributed by atoms with Gasteiger partial charge in [-0.1, -0.05) is 19.1 Å². The van der Waals surface area contributed by atoms with Gasteiger partial charge in [0.1, 0.15) is 30.1 Å². The van der Waals surface area contributed by atoms with E-state index in [0.29, 0.717) is 30.2 Å². The number of nitrogens with zero attached hydrogens (tertiary/aromatic N) is 2. The fourth-order valence-corrected chi connectivity index (χ4v) is 3.99. The third-order valence-electron chi connectivity index (χ3n) is 6.00. The number of aromatic nitrogens is 2. The first-order chi connectivity index (χ1) is 15.1. The maximum atomic E-state index is 9.90. The van der Waals surface area contributed by atoms with Crippen molar-refractivity contribution >= 4 is 11.6 Å². The van der Waals surface area contributed by atoms with Crippen LogP contribution >= 0.6 is 0 Å². The van der Waals surface area contributed by atoms with Crippen molar-refractivity contribution in [3.63, 3.8) is 0 Å². The lowest BCUT2D eigenvalue weighted by molar-refractivity contribution is 0.108. The van der Waals surface area contributed by atoms with Crippen molar-refractivity contribution in [1.82, 2.24) is 15.3 Å². The van der Waals surface area contributed by atoms with Crippen molar-refractivity contribution < 1.29 is 9.84 Å². The number of hydrogen-bond acceptors (Lipinski definition) is 7. The first kappa shape index (κ1) is 21.8. The normalized spacial score (nSPS) is 22.0. The Morgan fingerprint density at radius 2 is 1.65 bits per heavy atom. The standard InChI is InChI=1S/C24H35N5O2/c1-16-6-8-18(9-7-16)26-22-13-23(27-19-10-11-19)29-24(28-22)17-4-3-5-21(12-17)31-15-20(30)14-25-2/h3-5,12-13,16,18-20,25,30H,6-11,14-15H2,1-2H3,(H2,26,27,28,29). The average Bonchev–Trinajstić information content (AvgIpc) is 3.58. The van der Waals surface area contributed by atoms with E-state index in [1.165, 1.54) is 38.5 Å². The highest BCUT2D eigenvalue weighted by atomic mass is 16.5. The molecule has 1 unspecified atom stereocenters. The van der Waals surface area contributed by atoms with Crippen LogP contribution in [0.4, 0.5) is 11.6 Å². The molecule has 1 atom stereocenters. The van der Waals surface area contributed by atoms with E-state index in [2.05, 4.69) is 22.9 Å². The fraction of sp³-hybridized carbons (Fsp3) is 0.583. The van der Waals surface area contributed by atoms with E-state index in [9.17, 15) is 5.11 Å². The predicted octanol–water partition coefficient (Wildman–Crippen LogP) is 3.67. The van der Waals surface area contributed by atoms with Crippen LogP contribution in [-0.2, 0) is 0 Å². The van der Waals surface area contributed by atoms with Crippen LogP contribution in [0.1, 0.15) is 45.4 Å². The second-order valence-electron chi connectivity index (χ2n) is 9.03. The molecule has 1 aromatic heterocycles. The van der Waals surface area contributed by atoms with Crippen LogP contribution in [0.25, 0.3) is 11.4 Å². The SMILES string of the molecule is CNCC(O)COc1cccc(-c2nc(NC3CCC(C)CC3)cc(NC3CC3)n2)c1. The molecule has 7 heteroatoms. The summed E-state index contributed by atoms with van der Waals surface area (Å²) in [6, 6.07) is 10.8. The quantitative estimate of drug-likeness (QED) is 0.462. The van der Waals surface area contributed by atoms with Gasteiger partial charge in [0.15, 0.2) is 5.82 Å². The van der Waals surface area contributed by atoms with Crippen molar-refractivity contribution in [3.8, 4) is 17.1 Å². The Kier molecular flexibility index (Phi) is 7.25. The molecular formula is C24H35N5O2. The molecular weight excluding hydrogens is 390 g/mol. The third kappa shape index (κ3) is 6.55. The Labute approximate surface area is 185 Å². The molecule has 7 nitrogen and oxygen atoms in total. The summed E-state index contributed by atoms with van der Waals surface area (Å²) >= 11 is 0. The number of benzene rings is 1. The number of aliphatic hydroxyl groups excluding tert-OH is 1. The first-order valence-corrected chi connectivity index (χ1v) is 11.6. The maximum Gasteiger partial charge on any atom is 0.163 e. The van der Waals surface area contributed by atoms with E-state index in [-0.39, 0.29) is 6.61 Å². The van der Waals surface area contributed by atoms with E-state index < -0.39 is 6.10 Å². The van der Waals surface area contributed by atoms with Crippen molar-refractivity contribution in [2.45, 2.75) is 63.6 Å². The lowest BCUT2D eigenvalue weighted by Crippen LogP contribution is -2.29. The molecule has 2 saturated carbocycles. The molecule has 0 aliphatic heterocycles. The van der Waals surface area contributed by atoms with Gasteiger partial charge in [-0.05, 0) is 63.6 Å². The van der Waals surface area contributed by atoms with Crippen molar-refractivity contribution in [2.75, 3.05) is 30.8 Å². The highest BCUT2D eigenvalue weighted by Gasteiger charge is 2.23. The number of hydrogen-bond donors (Lipinski definition) is 4. The number of ether oxygens (including phenoxy) is 1. The van der Waals surface area contributed by atoms with Gasteiger partial charge in [-0.15, -0.1) is 0 Å². The summed E-state index contributed by atoms with van der Waals surface area (Å²) in [7, 11) is 1.81. The van der Waals surface area contributed by atoms with Crippen LogP contribution in [-0.4, -0.2) is 53.5 Å². The Bertz CT molecular complexity index is 850. The van der Waals surface area contributed by atoms with Gasteiger partial charge in [0, 0.05) is 30.3 Å². The minimum Gasteiger partial charge on any atom is -0.491 e. The van der Waals surface area contributed by atoms with Crippen LogP contribution < -0.4 is 20.7 Å². The van der Waals surface area contributed by atoms with Gasteiger partial charge >= 0.3 is 0 Å². The summed E-state index contributed by atoms with van der Waals surface area (Å²) < 4.78 is 5.77. The predicted molar refractivity (Wildman–Crippen MR) is 125 cm³/mol. The van der Waals surface area contributed by atoms with Crippen LogP contribution in [0.3, 0.4) is 0 Å². The summed E-state index contributed by atoms with van der Waals surface area (Å²) in [4.78, 5) is 9.61. The van der Waals surface area contributed by atoms with Gasteiger partial charge in [-0.25, -0.2) is 9.97 Å². The summed E-state index contributed by atoms with van der Waals surface area (Å²) in [5.41, 5.74) is 0.903. The van der Waals surface area contributed by atoms with Gasteiger partial charge in [-0.3, -0.25) is 0 Å². The minimum atomic E-state index is -0.551. The number of rotatable bonds is 10. The average molecular weight is 426 g/mol. The van der Waals surface area contributed by atoms with Crippen LogP contribution in [0.2, 0.25) is 0 Å². The van der Waals surface area contributed by atoms with Gasteiger partial charge < -0.3 is 25.8 Å². The Balaban J connectivity index is 1.51. The number of anilines is 2. The molecule has 2 fully saturated rings. The van der Waals surface area contributed by atoms with Crippen molar-refractivity contribution in [1.29, 1.82) is 0 Å². The molecule has 4 N–H and O–H groups in total. The summed E-state index contributed by atoms with van der Waals surface area (Å²) in [5.74, 6) is 3.95. The number of likely N-dealkylation sites (N-methyl/N-ethyl adjacent to an activating group) is 1. The molecule has 0 spiro atoms. The van der Waals surface area contributed by atoms with Crippen LogP contribution in [0, 0.1) is 5.92 Å². The van der Waals surface area contributed by atoms with Gasteiger partial charge in [0.05, 0.1) is 0 Å². The lowest BCUT2D eigenvalue weighted by atomic mass is 9.87. The van der Waals surface area contributed by atoms with Gasteiger partial charge in [-0.2, -0.15) is 0 Å². The van der Waals surface area contributed by atoms with Crippen molar-refractivity contribution in [2.24, 2.45) is 5.92 Å². The molecule has 2 aliphatic carbocycles. The van der Waals surface area contributed by atoms with Gasteiger partial charge in [0.25, 0.3) is 0 Å². The zero-order chi connectivity index (χ0) is 21.6. The van der Waals surface area contributed by atoms with E-state index >= 15 is 0 Å². The molecule has 0 saturated heterocycles. The summed E-state index contributed by atoms with van der Waals surface area (Å²) in [6.45, 7) is 3.07. The molecule has 168 valence electrons. The van der Waals surface area contributed by atoms with Crippen molar-refractivity contribution in [3.05, 3.63) is 30.3 Å². The third-order valence-corrected chi connectivity index (χ3v) is 6.00. The molecule has 0 radical (unpaired) electrons. The monoisotopic (exact) mass is 425 g/mol. The summed E-state index contributed by atoms with van der Waals surface area (Å²) in [5, 5.41) is 20.0. The zero-order valence-electron chi connectivity index (χ0n) is 18.6. The molecule has 31 heavy (non-hydrogen) atoms. The van der Waals surface area contributed by atoms with Gasteiger partial charge in [0.2, 0.25) is 0 Å². The second-order valence-corrected chi connectivity index (χ2v) is 9.03. The zero-order valence-corrected chi connectivity index (χ0v) is 18.6. The molecule has 0 bridgehead atoms. The molecule has 1 heterocycles. The molecule has 0 amide bonds. The molecule has 1 aromatic carbocycles. The first-order valence-electron chi connectivity index (χ1n) is 11.6. The molecule has 2 aromatic rings. The highest BCUT2D eigenvalue weighted by molar-refractivity contribution is 5.63. The molecule has 2 aliphatic rings. The van der Waals surface area contributed by atoms with E-state index in [1.807, 2.05) is 37.4 Å². The van der Waals surface area contributed by atoms with E-state index in [1.54, 1.807) is 0 Å². The number of nitrogens with one attached hydrogen (secondary N) is 3. The minimum absolute atomic E-state index is 0.237. The topological polar surface area (TPSA) is 91.3 Å². The Morgan fingerprint density at radius 3 is 2.26 bits per heavy atom. The largest absolute Gasteiger partial charge is 0.491 e. The fourth-order valence-electron chi connectivity index (χ4n) is 3.99. The second kappa shape index (κ2) is 10.3. The van der Waals surface area contributed by atoms with E-state index in [4.69, 9.17) is 14.7 Å².